The lowest BCUT2D eigenvalue weighted by atomic mass is 10.0. The Morgan fingerprint density at radius 2 is 2.21 bits per heavy atom. The number of rotatable bonds is 3. The van der Waals surface area contributed by atoms with Crippen molar-refractivity contribution in [2.75, 3.05) is 6.61 Å². The van der Waals surface area contributed by atoms with Gasteiger partial charge in [-0.05, 0) is 6.08 Å². The number of hydrogen-bond donors (Lipinski definition) is 4. The van der Waals surface area contributed by atoms with Gasteiger partial charge in [0.15, 0.2) is 5.72 Å². The molecule has 0 aromatic carbocycles. The van der Waals surface area contributed by atoms with Gasteiger partial charge in [0.2, 0.25) is 0 Å². The molecule has 4 atom stereocenters. The summed E-state index contributed by atoms with van der Waals surface area (Å²) in [6.07, 6.45) is -1.70. The Morgan fingerprint density at radius 1 is 1.53 bits per heavy atom. The van der Waals surface area contributed by atoms with E-state index >= 15 is 0 Å². The average molecular weight is 270 g/mol. The van der Waals surface area contributed by atoms with E-state index in [0.29, 0.717) is 0 Å². The molecule has 19 heavy (non-hydrogen) atoms. The second-order valence-corrected chi connectivity index (χ2v) is 4.21. The van der Waals surface area contributed by atoms with Gasteiger partial charge in [-0.2, -0.15) is 0 Å². The molecule has 1 fully saturated rings. The number of ether oxygens (including phenoxy) is 1. The van der Waals surface area contributed by atoms with Crippen LogP contribution in [0.2, 0.25) is 0 Å². The summed E-state index contributed by atoms with van der Waals surface area (Å²) < 4.78 is 6.26. The lowest BCUT2D eigenvalue weighted by Gasteiger charge is -2.30. The Kier molecular flexibility index (Phi) is 3.42. The van der Waals surface area contributed by atoms with Crippen LogP contribution in [0.4, 0.5) is 0 Å². The molecule has 104 valence electrons. The molecule has 2 rings (SSSR count). The van der Waals surface area contributed by atoms with E-state index in [9.17, 15) is 19.8 Å². The van der Waals surface area contributed by atoms with Gasteiger partial charge < -0.3 is 20.1 Å². The SMILES string of the molecule is C=C[C@]1(n2ccc(=O)[nH]c2=O)O[C@@H](CO)C(O)C1O. The van der Waals surface area contributed by atoms with E-state index < -0.39 is 41.9 Å². The molecule has 2 heterocycles. The summed E-state index contributed by atoms with van der Waals surface area (Å²) in [6, 6.07) is 1.07. The summed E-state index contributed by atoms with van der Waals surface area (Å²) in [5.74, 6) is 0. The van der Waals surface area contributed by atoms with Crippen molar-refractivity contribution in [1.82, 2.24) is 9.55 Å². The second kappa shape index (κ2) is 4.74. The molecule has 8 nitrogen and oxygen atoms in total. The molecular weight excluding hydrogens is 256 g/mol. The number of hydrogen-bond acceptors (Lipinski definition) is 6. The van der Waals surface area contributed by atoms with Gasteiger partial charge in [0.25, 0.3) is 5.56 Å². The molecule has 1 aromatic heterocycles. The fourth-order valence-corrected chi connectivity index (χ4v) is 2.13. The maximum Gasteiger partial charge on any atom is 0.331 e. The minimum Gasteiger partial charge on any atom is -0.394 e. The highest BCUT2D eigenvalue weighted by atomic mass is 16.6. The molecule has 0 saturated carbocycles. The number of nitrogens with zero attached hydrogens (tertiary/aromatic N) is 1. The zero-order valence-electron chi connectivity index (χ0n) is 9.89. The van der Waals surface area contributed by atoms with Gasteiger partial charge in [-0.3, -0.25) is 14.3 Å². The maximum absolute atomic E-state index is 11.8. The molecular formula is C11H14N2O6. The normalized spacial score (nSPS) is 34.4. The van der Waals surface area contributed by atoms with Gasteiger partial charge in [-0.1, -0.05) is 6.58 Å². The summed E-state index contributed by atoms with van der Waals surface area (Å²) in [5.41, 5.74) is -3.17. The van der Waals surface area contributed by atoms with Crippen molar-refractivity contribution in [3.8, 4) is 0 Å². The second-order valence-electron chi connectivity index (χ2n) is 4.21. The molecule has 0 spiro atoms. The van der Waals surface area contributed by atoms with Crippen LogP contribution in [0.15, 0.2) is 34.5 Å². The minimum absolute atomic E-state index is 0.536. The Balaban J connectivity index is 2.58. The molecule has 2 unspecified atom stereocenters. The topological polar surface area (TPSA) is 125 Å². The minimum atomic E-state index is -1.74. The Bertz CT molecular complexity index is 593. The largest absolute Gasteiger partial charge is 0.394 e. The summed E-state index contributed by atoms with van der Waals surface area (Å²) >= 11 is 0. The van der Waals surface area contributed by atoms with Crippen LogP contribution < -0.4 is 11.2 Å². The predicted molar refractivity (Wildman–Crippen MR) is 63.5 cm³/mol. The predicted octanol–water partition coefficient (Wildman–Crippen LogP) is -2.51. The monoisotopic (exact) mass is 270 g/mol. The highest BCUT2D eigenvalue weighted by Gasteiger charge is 2.54. The van der Waals surface area contributed by atoms with Crippen LogP contribution in [0.5, 0.6) is 0 Å². The lowest BCUT2D eigenvalue weighted by molar-refractivity contribution is -0.114. The molecule has 0 amide bonds. The molecule has 1 aliphatic heterocycles. The van der Waals surface area contributed by atoms with E-state index in [1.165, 1.54) is 0 Å². The number of aliphatic hydroxyl groups excluding tert-OH is 3. The van der Waals surface area contributed by atoms with Crippen LogP contribution in [0.3, 0.4) is 0 Å². The van der Waals surface area contributed by atoms with E-state index in [4.69, 9.17) is 9.84 Å². The van der Waals surface area contributed by atoms with E-state index in [2.05, 4.69) is 6.58 Å². The number of nitrogens with one attached hydrogen (secondary N) is 1. The third-order valence-corrected chi connectivity index (χ3v) is 3.14. The van der Waals surface area contributed by atoms with Crippen LogP contribution in [-0.2, 0) is 10.5 Å². The first-order valence-corrected chi connectivity index (χ1v) is 5.57. The van der Waals surface area contributed by atoms with Gasteiger partial charge in [-0.15, -0.1) is 0 Å². The summed E-state index contributed by atoms with van der Waals surface area (Å²) in [5, 5.41) is 28.9. The number of aromatic amines is 1. The van der Waals surface area contributed by atoms with Crippen molar-refractivity contribution >= 4 is 0 Å². The molecule has 1 aliphatic rings. The zero-order valence-corrected chi connectivity index (χ0v) is 9.89. The first kappa shape index (κ1) is 13.7. The number of aromatic nitrogens is 2. The first-order chi connectivity index (χ1) is 8.96. The molecule has 1 aromatic rings. The van der Waals surface area contributed by atoms with Crippen LogP contribution >= 0.6 is 0 Å². The van der Waals surface area contributed by atoms with Crippen molar-refractivity contribution in [2.45, 2.75) is 24.0 Å². The van der Waals surface area contributed by atoms with Crippen LogP contribution in [-0.4, -0.2) is 49.8 Å². The van der Waals surface area contributed by atoms with Crippen molar-refractivity contribution in [3.63, 3.8) is 0 Å². The van der Waals surface area contributed by atoms with Crippen LogP contribution in [0, 0.1) is 0 Å². The highest BCUT2D eigenvalue weighted by Crippen LogP contribution is 2.35. The fraction of sp³-hybridized carbons (Fsp3) is 0.455. The van der Waals surface area contributed by atoms with Gasteiger partial charge in [0.1, 0.15) is 18.3 Å². The van der Waals surface area contributed by atoms with E-state index in [1.807, 2.05) is 4.98 Å². The van der Waals surface area contributed by atoms with Gasteiger partial charge in [-0.25, -0.2) is 4.79 Å². The summed E-state index contributed by atoms with van der Waals surface area (Å²) in [4.78, 5) is 24.8. The van der Waals surface area contributed by atoms with Gasteiger partial charge >= 0.3 is 5.69 Å². The molecule has 0 bridgehead atoms. The van der Waals surface area contributed by atoms with Crippen molar-refractivity contribution in [2.24, 2.45) is 0 Å². The average Bonchev–Trinajstić information content (AvgIpc) is 2.64. The van der Waals surface area contributed by atoms with Gasteiger partial charge in [0, 0.05) is 12.3 Å². The van der Waals surface area contributed by atoms with E-state index in [1.54, 1.807) is 0 Å². The quantitative estimate of drug-likeness (QED) is 0.450. The molecule has 8 heteroatoms. The number of H-pyrrole nitrogens is 1. The molecule has 0 aliphatic carbocycles. The van der Waals surface area contributed by atoms with Crippen molar-refractivity contribution in [1.29, 1.82) is 0 Å². The lowest BCUT2D eigenvalue weighted by Crippen LogP contribution is -2.50. The number of aliphatic hydroxyl groups is 3. The Hall–Kier alpha value is -1.74. The molecule has 1 saturated heterocycles. The fourth-order valence-electron chi connectivity index (χ4n) is 2.13. The van der Waals surface area contributed by atoms with Gasteiger partial charge in [0.05, 0.1) is 6.61 Å². The van der Waals surface area contributed by atoms with Crippen LogP contribution in [0.25, 0.3) is 0 Å². The summed E-state index contributed by atoms with van der Waals surface area (Å²) in [7, 11) is 0. The molecule has 4 N–H and O–H groups in total. The van der Waals surface area contributed by atoms with E-state index in [0.717, 1.165) is 22.9 Å². The van der Waals surface area contributed by atoms with E-state index in [-0.39, 0.29) is 0 Å². The Labute approximate surface area is 107 Å². The third-order valence-electron chi connectivity index (χ3n) is 3.14. The smallest absolute Gasteiger partial charge is 0.331 e. The maximum atomic E-state index is 11.8. The highest BCUT2D eigenvalue weighted by molar-refractivity contribution is 5.09. The zero-order chi connectivity index (χ0) is 14.2. The van der Waals surface area contributed by atoms with Crippen molar-refractivity contribution < 1.29 is 20.1 Å². The summed E-state index contributed by atoms with van der Waals surface area (Å²) in [6.45, 7) is 2.94. The standard InChI is InChI=1S/C11H14N2O6/c1-2-11(9(17)8(16)6(5-14)19-11)13-4-3-7(15)12-10(13)18/h2-4,6,8-9,14,16-17H,1,5H2,(H,12,15,18)/t6-,8?,9?,11-/m0/s1. The first-order valence-electron chi connectivity index (χ1n) is 5.57. The van der Waals surface area contributed by atoms with Crippen molar-refractivity contribution in [3.05, 3.63) is 45.8 Å². The third kappa shape index (κ3) is 1.94. The Morgan fingerprint density at radius 3 is 2.68 bits per heavy atom. The van der Waals surface area contributed by atoms with Crippen LogP contribution in [0.1, 0.15) is 0 Å². The molecule has 0 radical (unpaired) electrons.